The molecule has 0 radical (unpaired) electrons. The van der Waals surface area contributed by atoms with Gasteiger partial charge in [-0.05, 0) is 12.1 Å². The van der Waals surface area contributed by atoms with E-state index in [-0.39, 0.29) is 0 Å². The third-order valence-electron chi connectivity index (χ3n) is 3.27. The summed E-state index contributed by atoms with van der Waals surface area (Å²) in [6.45, 7) is 7.38. The number of nitrogens with two attached hydrogens (primary N) is 1. The van der Waals surface area contributed by atoms with E-state index in [0.29, 0.717) is 10.0 Å². The topological polar surface area (TPSA) is 30.3 Å². The molecule has 0 amide bonds. The van der Waals surface area contributed by atoms with E-state index in [1.165, 1.54) is 12.1 Å². The van der Waals surface area contributed by atoms with Gasteiger partial charge in [-0.25, -0.2) is 0 Å². The van der Waals surface area contributed by atoms with Crippen LogP contribution in [0.4, 0.5) is 0 Å². The number of hydrogen-bond donors (Lipinski definition) is 2. The largest absolute Gasteiger partial charge is 0.370 e. The Balaban J connectivity index is 1.66. The van der Waals surface area contributed by atoms with Gasteiger partial charge in [-0.3, -0.25) is 0 Å². The molecule has 0 aliphatic carbocycles. The second kappa shape index (κ2) is 7.31. The Hall–Kier alpha value is -0.320. The molecular formula is C13H20Cl2N2O+2. The van der Waals surface area contributed by atoms with Crippen LogP contribution in [-0.2, 0) is 11.3 Å². The first-order valence-electron chi connectivity index (χ1n) is 6.42. The van der Waals surface area contributed by atoms with Crippen molar-refractivity contribution >= 4 is 23.2 Å². The summed E-state index contributed by atoms with van der Waals surface area (Å²) < 4.78 is 5.34. The molecule has 1 saturated heterocycles. The molecule has 1 aromatic carbocycles. The Morgan fingerprint density at radius 2 is 1.94 bits per heavy atom. The molecule has 0 saturated carbocycles. The van der Waals surface area contributed by atoms with Gasteiger partial charge in [0.2, 0.25) is 0 Å². The van der Waals surface area contributed by atoms with Gasteiger partial charge in [0, 0.05) is 5.56 Å². The lowest BCUT2D eigenvalue weighted by Crippen LogP contribution is -3.16. The first kappa shape index (κ1) is 14.1. The fraction of sp³-hybridized carbons (Fsp3) is 0.538. The fourth-order valence-electron chi connectivity index (χ4n) is 2.15. The molecule has 100 valence electrons. The normalized spacial score (nSPS) is 17.0. The van der Waals surface area contributed by atoms with E-state index in [4.69, 9.17) is 27.9 Å². The minimum atomic E-state index is 0.623. The predicted molar refractivity (Wildman–Crippen MR) is 73.3 cm³/mol. The first-order chi connectivity index (χ1) is 8.75. The smallest absolute Gasteiger partial charge is 0.127 e. The zero-order valence-corrected chi connectivity index (χ0v) is 11.9. The molecular weight excluding hydrogens is 271 g/mol. The summed E-state index contributed by atoms with van der Waals surface area (Å²) in [5.74, 6) is 0. The minimum Gasteiger partial charge on any atom is -0.370 e. The van der Waals surface area contributed by atoms with Crippen LogP contribution in [0.3, 0.4) is 0 Å². The Kier molecular flexibility index (Phi) is 5.73. The highest BCUT2D eigenvalue weighted by molar-refractivity contribution is 6.41. The third kappa shape index (κ3) is 4.41. The van der Waals surface area contributed by atoms with Crippen LogP contribution in [0, 0.1) is 0 Å². The molecule has 0 atom stereocenters. The maximum atomic E-state index is 5.98. The minimum absolute atomic E-state index is 0.623. The zero-order valence-electron chi connectivity index (χ0n) is 10.4. The van der Waals surface area contributed by atoms with Gasteiger partial charge in [0.1, 0.15) is 32.7 Å². The maximum Gasteiger partial charge on any atom is 0.127 e. The molecule has 3 N–H and O–H groups in total. The van der Waals surface area contributed by atoms with Crippen LogP contribution in [0.15, 0.2) is 18.2 Å². The van der Waals surface area contributed by atoms with Crippen molar-refractivity contribution in [3.63, 3.8) is 0 Å². The molecule has 1 aliphatic rings. The number of morpholine rings is 1. The molecule has 1 aromatic rings. The Morgan fingerprint density at radius 1 is 1.17 bits per heavy atom. The molecule has 1 heterocycles. The summed E-state index contributed by atoms with van der Waals surface area (Å²) in [7, 11) is 0. The van der Waals surface area contributed by atoms with Crippen LogP contribution < -0.4 is 10.2 Å². The van der Waals surface area contributed by atoms with Crippen LogP contribution in [0.5, 0.6) is 0 Å². The van der Waals surface area contributed by atoms with Gasteiger partial charge in [-0.1, -0.05) is 29.3 Å². The van der Waals surface area contributed by atoms with Crippen molar-refractivity contribution < 1.29 is 15.0 Å². The first-order valence-corrected chi connectivity index (χ1v) is 7.18. The molecule has 0 aromatic heterocycles. The number of ether oxygens (including phenoxy) is 1. The molecule has 0 spiro atoms. The summed E-state index contributed by atoms with van der Waals surface area (Å²) in [6, 6.07) is 5.84. The monoisotopic (exact) mass is 290 g/mol. The number of nitrogens with one attached hydrogen (secondary N) is 1. The third-order valence-corrected chi connectivity index (χ3v) is 4.01. The van der Waals surface area contributed by atoms with Gasteiger partial charge < -0.3 is 15.0 Å². The van der Waals surface area contributed by atoms with Gasteiger partial charge >= 0.3 is 0 Å². The van der Waals surface area contributed by atoms with Crippen molar-refractivity contribution in [2.24, 2.45) is 0 Å². The molecule has 0 unspecified atom stereocenters. The van der Waals surface area contributed by atoms with Crippen molar-refractivity contribution in [3.8, 4) is 0 Å². The van der Waals surface area contributed by atoms with Crippen molar-refractivity contribution in [1.82, 2.24) is 0 Å². The Labute approximate surface area is 118 Å². The molecule has 0 bridgehead atoms. The summed E-state index contributed by atoms with van der Waals surface area (Å²) in [5.41, 5.74) is 1.22. The summed E-state index contributed by atoms with van der Waals surface area (Å²) in [6.07, 6.45) is 0. The van der Waals surface area contributed by atoms with Gasteiger partial charge in [-0.2, -0.15) is 0 Å². The average Bonchev–Trinajstić information content (AvgIpc) is 2.40. The molecule has 1 aliphatic heterocycles. The number of halogens is 2. The quantitative estimate of drug-likeness (QED) is 0.733. The average molecular weight is 291 g/mol. The van der Waals surface area contributed by atoms with E-state index in [1.54, 1.807) is 4.90 Å². The summed E-state index contributed by atoms with van der Waals surface area (Å²) >= 11 is 11.9. The highest BCUT2D eigenvalue weighted by Crippen LogP contribution is 2.21. The van der Waals surface area contributed by atoms with E-state index in [2.05, 4.69) is 5.32 Å². The van der Waals surface area contributed by atoms with E-state index in [0.717, 1.165) is 39.4 Å². The second-order valence-corrected chi connectivity index (χ2v) is 5.46. The Bertz CT molecular complexity index is 381. The van der Waals surface area contributed by atoms with Gasteiger partial charge in [-0.15, -0.1) is 0 Å². The van der Waals surface area contributed by atoms with Gasteiger partial charge in [0.05, 0.1) is 23.3 Å². The van der Waals surface area contributed by atoms with Crippen LogP contribution in [0.1, 0.15) is 5.56 Å². The van der Waals surface area contributed by atoms with Crippen LogP contribution in [-0.4, -0.2) is 39.4 Å². The van der Waals surface area contributed by atoms with Crippen molar-refractivity contribution in [3.05, 3.63) is 33.8 Å². The highest BCUT2D eigenvalue weighted by Gasteiger charge is 2.13. The molecule has 18 heavy (non-hydrogen) atoms. The van der Waals surface area contributed by atoms with Crippen LogP contribution in [0.2, 0.25) is 10.0 Å². The van der Waals surface area contributed by atoms with E-state index >= 15 is 0 Å². The lowest BCUT2D eigenvalue weighted by atomic mass is 10.2. The molecule has 2 rings (SSSR count). The zero-order chi connectivity index (χ0) is 12.8. The Morgan fingerprint density at radius 3 is 2.67 bits per heavy atom. The van der Waals surface area contributed by atoms with E-state index in [1.807, 2.05) is 18.2 Å². The van der Waals surface area contributed by atoms with E-state index in [9.17, 15) is 0 Å². The van der Waals surface area contributed by atoms with Gasteiger partial charge in [0.25, 0.3) is 0 Å². The number of benzene rings is 1. The predicted octanol–water partition coefficient (Wildman–Crippen LogP) is -0.0281. The summed E-state index contributed by atoms with van der Waals surface area (Å²) in [5, 5.41) is 3.58. The van der Waals surface area contributed by atoms with Crippen LogP contribution in [0.25, 0.3) is 0 Å². The number of quaternary nitrogens is 2. The fourth-order valence-corrected chi connectivity index (χ4v) is 2.47. The van der Waals surface area contributed by atoms with Crippen molar-refractivity contribution in [1.29, 1.82) is 0 Å². The van der Waals surface area contributed by atoms with Crippen LogP contribution >= 0.6 is 23.2 Å². The lowest BCUT2D eigenvalue weighted by Gasteiger charge is -2.22. The SMILES string of the molecule is Clc1ccc(C[NH2+]CC[NH+]2CCOCC2)cc1Cl. The van der Waals surface area contributed by atoms with Crippen molar-refractivity contribution in [2.75, 3.05) is 39.4 Å². The van der Waals surface area contributed by atoms with Crippen molar-refractivity contribution in [2.45, 2.75) is 6.54 Å². The second-order valence-electron chi connectivity index (χ2n) is 4.64. The molecule has 1 fully saturated rings. The molecule has 5 heteroatoms. The standard InChI is InChI=1S/C13H18Cl2N2O/c14-12-2-1-11(9-13(12)15)10-16-3-4-17-5-7-18-8-6-17/h1-2,9,16H,3-8,10H2/p+2. The molecule has 3 nitrogen and oxygen atoms in total. The maximum absolute atomic E-state index is 5.98. The summed E-state index contributed by atoms with van der Waals surface area (Å²) in [4.78, 5) is 1.65. The van der Waals surface area contributed by atoms with Gasteiger partial charge in [0.15, 0.2) is 0 Å². The number of hydrogen-bond acceptors (Lipinski definition) is 1. The highest BCUT2D eigenvalue weighted by atomic mass is 35.5. The lowest BCUT2D eigenvalue weighted by molar-refractivity contribution is -0.920. The number of rotatable bonds is 5. The van der Waals surface area contributed by atoms with E-state index < -0.39 is 0 Å².